The zero-order valence-corrected chi connectivity index (χ0v) is 14.2. The molecule has 0 amide bonds. The Labute approximate surface area is 152 Å². The number of allylic oxidation sites excluding steroid dienone is 4. The third-order valence-electron chi connectivity index (χ3n) is 4.73. The van der Waals surface area contributed by atoms with Crippen LogP contribution in [0.2, 0.25) is 0 Å². The van der Waals surface area contributed by atoms with Crippen LogP contribution < -0.4 is 0 Å². The van der Waals surface area contributed by atoms with Crippen LogP contribution in [-0.4, -0.2) is 20.2 Å². The second-order valence-electron chi connectivity index (χ2n) is 6.60. The third-order valence-corrected chi connectivity index (χ3v) is 4.73. The van der Waals surface area contributed by atoms with Crippen LogP contribution in [0.15, 0.2) is 53.8 Å². The molecule has 27 heavy (non-hydrogen) atoms. The lowest BCUT2D eigenvalue weighted by molar-refractivity contribution is -0.141. The second kappa shape index (κ2) is 5.39. The van der Waals surface area contributed by atoms with Crippen LogP contribution in [0.1, 0.15) is 23.2 Å². The summed E-state index contributed by atoms with van der Waals surface area (Å²) < 4.78 is 41.0. The van der Waals surface area contributed by atoms with E-state index >= 15 is 0 Å². The molecule has 0 unspecified atom stereocenters. The highest BCUT2D eigenvalue weighted by Crippen LogP contribution is 2.42. The standard InChI is InChI=1S/C20H13F3N4/c1-11-8-15-18(12-4-2-3-5-13(12)25-15)16(9-11)27-10-24-14-6-7-17(20(21,22)23)26-19(14)27/h2-4,6-10H,5H2,1H3. The smallest absolute Gasteiger partial charge is 0.283 e. The van der Waals surface area contributed by atoms with Crippen molar-refractivity contribution in [3.63, 3.8) is 0 Å². The van der Waals surface area contributed by atoms with Crippen LogP contribution in [0.5, 0.6) is 0 Å². The Kier molecular flexibility index (Phi) is 3.19. The van der Waals surface area contributed by atoms with Gasteiger partial charge < -0.3 is 0 Å². The molecule has 2 aromatic heterocycles. The fourth-order valence-electron chi connectivity index (χ4n) is 3.56. The zero-order chi connectivity index (χ0) is 18.8. The molecule has 7 heteroatoms. The first-order chi connectivity index (χ1) is 12.9. The first kappa shape index (κ1) is 16.0. The topological polar surface area (TPSA) is 43.1 Å². The highest BCUT2D eigenvalue weighted by molar-refractivity contribution is 6.31. The van der Waals surface area contributed by atoms with E-state index in [1.807, 2.05) is 37.3 Å². The van der Waals surface area contributed by atoms with Gasteiger partial charge in [-0.3, -0.25) is 9.56 Å². The average Bonchev–Trinajstić information content (AvgIpc) is 3.20. The minimum Gasteiger partial charge on any atom is -0.283 e. The number of aliphatic imine (C=N–C) groups is 1. The largest absolute Gasteiger partial charge is 0.433 e. The highest BCUT2D eigenvalue weighted by Gasteiger charge is 2.33. The van der Waals surface area contributed by atoms with Crippen LogP contribution in [0.25, 0.3) is 22.4 Å². The molecule has 2 aliphatic rings. The van der Waals surface area contributed by atoms with E-state index in [1.54, 1.807) is 4.57 Å². The van der Waals surface area contributed by atoms with Crippen LogP contribution in [0, 0.1) is 6.92 Å². The Morgan fingerprint density at radius 2 is 2.00 bits per heavy atom. The van der Waals surface area contributed by atoms with Gasteiger partial charge in [0.05, 0.1) is 17.1 Å². The molecule has 3 heterocycles. The summed E-state index contributed by atoms with van der Waals surface area (Å²) in [5.74, 6) is 0. The number of imidazole rings is 1. The van der Waals surface area contributed by atoms with Gasteiger partial charge in [-0.2, -0.15) is 13.2 Å². The lowest BCUT2D eigenvalue weighted by Gasteiger charge is -2.14. The van der Waals surface area contributed by atoms with E-state index in [4.69, 9.17) is 4.99 Å². The number of benzene rings is 1. The van der Waals surface area contributed by atoms with Crippen molar-refractivity contribution < 1.29 is 13.2 Å². The highest BCUT2D eigenvalue weighted by atomic mass is 19.4. The Bertz CT molecular complexity index is 1200. The summed E-state index contributed by atoms with van der Waals surface area (Å²) in [4.78, 5) is 12.8. The van der Waals surface area contributed by atoms with E-state index in [1.165, 1.54) is 12.4 Å². The number of hydrogen-bond acceptors (Lipinski definition) is 3. The number of fused-ring (bicyclic) bond motifs is 4. The third kappa shape index (κ3) is 2.42. The number of nitrogens with zero attached hydrogens (tertiary/aromatic N) is 4. The fraction of sp³-hybridized carbons (Fsp3) is 0.150. The second-order valence-corrected chi connectivity index (χ2v) is 6.60. The summed E-state index contributed by atoms with van der Waals surface area (Å²) >= 11 is 0. The number of rotatable bonds is 1. The molecular formula is C20H13F3N4. The quantitative estimate of drug-likeness (QED) is 0.596. The van der Waals surface area contributed by atoms with Crippen LogP contribution >= 0.6 is 0 Å². The van der Waals surface area contributed by atoms with Crippen LogP contribution in [0.4, 0.5) is 18.9 Å². The summed E-state index contributed by atoms with van der Waals surface area (Å²) in [6.07, 6.45) is 3.74. The number of halogens is 3. The number of aromatic nitrogens is 3. The molecule has 0 radical (unpaired) electrons. The van der Waals surface area contributed by atoms with Gasteiger partial charge in [-0.15, -0.1) is 0 Å². The molecule has 0 bridgehead atoms. The fourth-order valence-corrected chi connectivity index (χ4v) is 3.56. The van der Waals surface area contributed by atoms with Crippen molar-refractivity contribution in [1.82, 2.24) is 14.5 Å². The number of alkyl halides is 3. The summed E-state index contributed by atoms with van der Waals surface area (Å²) in [6, 6.07) is 6.22. The van der Waals surface area contributed by atoms with E-state index in [0.29, 0.717) is 5.52 Å². The van der Waals surface area contributed by atoms with Crippen LogP contribution in [0.3, 0.4) is 0 Å². The van der Waals surface area contributed by atoms with Gasteiger partial charge in [-0.1, -0.05) is 18.2 Å². The van der Waals surface area contributed by atoms with E-state index in [9.17, 15) is 13.2 Å². The van der Waals surface area contributed by atoms with Crippen molar-refractivity contribution in [3.05, 3.63) is 65.6 Å². The molecular weight excluding hydrogens is 353 g/mol. The van der Waals surface area contributed by atoms with Gasteiger partial charge in [0.1, 0.15) is 17.5 Å². The molecule has 0 atom stereocenters. The number of hydrogen-bond donors (Lipinski definition) is 0. The molecule has 0 spiro atoms. The monoisotopic (exact) mass is 366 g/mol. The molecule has 5 rings (SSSR count). The summed E-state index contributed by atoms with van der Waals surface area (Å²) in [5.41, 5.74) is 5.05. The van der Waals surface area contributed by atoms with E-state index in [0.717, 1.165) is 46.3 Å². The first-order valence-corrected chi connectivity index (χ1v) is 8.43. The van der Waals surface area contributed by atoms with Crippen molar-refractivity contribution in [2.24, 2.45) is 4.99 Å². The number of pyridine rings is 1. The Balaban J connectivity index is 1.78. The van der Waals surface area contributed by atoms with E-state index in [-0.39, 0.29) is 5.65 Å². The molecule has 1 aliphatic heterocycles. The molecule has 0 fully saturated rings. The van der Waals surface area contributed by atoms with Gasteiger partial charge in [0.15, 0.2) is 5.65 Å². The van der Waals surface area contributed by atoms with Crippen LogP contribution in [-0.2, 0) is 6.18 Å². The SMILES string of the molecule is Cc1cc2c(c(-n3cnc4ccc(C(F)(F)F)nc43)c1)C1=CC=CCC1=N2. The molecule has 0 saturated carbocycles. The average molecular weight is 366 g/mol. The Morgan fingerprint density at radius 3 is 2.81 bits per heavy atom. The molecule has 1 aromatic carbocycles. The van der Waals surface area contributed by atoms with Crippen molar-refractivity contribution in [3.8, 4) is 5.69 Å². The molecule has 3 aromatic rings. The summed E-state index contributed by atoms with van der Waals surface area (Å²) in [7, 11) is 0. The first-order valence-electron chi connectivity index (χ1n) is 8.43. The maximum atomic E-state index is 13.1. The molecule has 0 saturated heterocycles. The molecule has 4 nitrogen and oxygen atoms in total. The van der Waals surface area contributed by atoms with E-state index in [2.05, 4.69) is 9.97 Å². The minimum absolute atomic E-state index is 0.179. The van der Waals surface area contributed by atoms with Crippen molar-refractivity contribution in [2.45, 2.75) is 19.5 Å². The Hall–Kier alpha value is -3.22. The normalized spacial score (nSPS) is 15.6. The van der Waals surface area contributed by atoms with Gasteiger partial charge in [0, 0.05) is 17.6 Å². The molecule has 134 valence electrons. The minimum atomic E-state index is -4.51. The van der Waals surface area contributed by atoms with Gasteiger partial charge in [0.2, 0.25) is 0 Å². The van der Waals surface area contributed by atoms with Gasteiger partial charge in [0.25, 0.3) is 0 Å². The van der Waals surface area contributed by atoms with Crippen molar-refractivity contribution in [2.75, 3.05) is 0 Å². The van der Waals surface area contributed by atoms with Crippen molar-refractivity contribution >= 4 is 28.1 Å². The van der Waals surface area contributed by atoms with Gasteiger partial charge >= 0.3 is 6.18 Å². The van der Waals surface area contributed by atoms with Crippen molar-refractivity contribution in [1.29, 1.82) is 0 Å². The molecule has 0 N–H and O–H groups in total. The lowest BCUT2D eigenvalue weighted by Crippen LogP contribution is -2.09. The predicted molar refractivity (Wildman–Crippen MR) is 97.4 cm³/mol. The van der Waals surface area contributed by atoms with E-state index < -0.39 is 11.9 Å². The van der Waals surface area contributed by atoms with Gasteiger partial charge in [-0.05, 0) is 36.8 Å². The maximum Gasteiger partial charge on any atom is 0.433 e. The zero-order valence-electron chi connectivity index (χ0n) is 14.2. The molecule has 1 aliphatic carbocycles. The predicted octanol–water partition coefficient (Wildman–Crippen LogP) is 5.18. The van der Waals surface area contributed by atoms with Gasteiger partial charge in [-0.25, -0.2) is 9.97 Å². The maximum absolute atomic E-state index is 13.1. The Morgan fingerprint density at radius 1 is 1.15 bits per heavy atom. The number of aryl methyl sites for hydroxylation is 1. The summed E-state index contributed by atoms with van der Waals surface area (Å²) in [5, 5.41) is 0. The summed E-state index contributed by atoms with van der Waals surface area (Å²) in [6.45, 7) is 1.94. The lowest BCUT2D eigenvalue weighted by atomic mass is 9.95.